The second-order valence-electron chi connectivity index (χ2n) is 3.45. The third-order valence-corrected chi connectivity index (χ3v) is 12.9. The van der Waals surface area contributed by atoms with Gasteiger partial charge in [-0.1, -0.05) is 52.2 Å². The molecule has 2 heteroatoms. The van der Waals surface area contributed by atoms with Crippen LogP contribution in [-0.4, -0.2) is 13.0 Å². The Hall–Kier alpha value is 0.567. The van der Waals surface area contributed by atoms with Crippen LogP contribution in [0.2, 0.25) is 18.1 Å². The van der Waals surface area contributed by atoms with Gasteiger partial charge in [0.2, 0.25) is 0 Å². The molecule has 0 N–H and O–H groups in total. The molecule has 0 nitrogen and oxygen atoms in total. The molecule has 0 aliphatic carbocycles. The minimum Gasteiger partial charge on any atom is -0.185 e. The lowest BCUT2D eigenvalue weighted by Gasteiger charge is -2.26. The zero-order valence-electron chi connectivity index (χ0n) is 9.15. The molecule has 0 bridgehead atoms. The Kier molecular flexibility index (Phi) is 7.35. The molecule has 0 aromatic heterocycles. The first-order valence-electron chi connectivity index (χ1n) is 5.38. The van der Waals surface area contributed by atoms with Gasteiger partial charge in [-0.25, -0.2) is 0 Å². The fraction of sp³-hybridized carbons (Fsp3) is 1.00. The monoisotopic (exact) mass is 204 g/mol. The third-order valence-electron chi connectivity index (χ3n) is 2.84. The van der Waals surface area contributed by atoms with Crippen molar-refractivity contribution >= 4 is 18.4 Å². The molecule has 0 radical (unpaired) electrons. The van der Waals surface area contributed by atoms with Crippen molar-refractivity contribution in [3.8, 4) is 0 Å². The lowest BCUT2D eigenvalue weighted by molar-refractivity contribution is 0.897. The summed E-state index contributed by atoms with van der Waals surface area (Å²) in [6.45, 7) is 9.45. The molecular formula is C10H24SSi. The van der Waals surface area contributed by atoms with Crippen LogP contribution in [0.3, 0.4) is 0 Å². The number of hydrogen-bond acceptors (Lipinski definition) is 1. The van der Waals surface area contributed by atoms with E-state index in [1.54, 1.807) is 0 Å². The van der Waals surface area contributed by atoms with Crippen molar-refractivity contribution in [3.05, 3.63) is 0 Å². The molecule has 0 heterocycles. The minimum absolute atomic E-state index is 0.838. The summed E-state index contributed by atoms with van der Waals surface area (Å²) < 4.78 is 0. The highest BCUT2D eigenvalue weighted by Crippen LogP contribution is 2.32. The topological polar surface area (TPSA) is 0 Å². The normalized spacial score (nSPS) is 12.0. The number of rotatable bonds is 7. The molecule has 0 spiro atoms. The second-order valence-corrected chi connectivity index (χ2v) is 12.1. The van der Waals surface area contributed by atoms with Crippen molar-refractivity contribution in [3.63, 3.8) is 0 Å². The van der Waals surface area contributed by atoms with Crippen LogP contribution >= 0.6 is 11.2 Å². The Morgan fingerprint density at radius 2 is 1.42 bits per heavy atom. The van der Waals surface area contributed by atoms with E-state index in [-0.39, 0.29) is 0 Å². The van der Waals surface area contributed by atoms with Gasteiger partial charge >= 0.3 is 0 Å². The largest absolute Gasteiger partial charge is 0.185 e. The van der Waals surface area contributed by atoms with Crippen LogP contribution in [0, 0.1) is 0 Å². The lowest BCUT2D eigenvalue weighted by Crippen LogP contribution is -2.27. The van der Waals surface area contributed by atoms with Gasteiger partial charge in [0, 0.05) is 0 Å². The van der Waals surface area contributed by atoms with Gasteiger partial charge < -0.3 is 0 Å². The third kappa shape index (κ3) is 3.99. The van der Waals surface area contributed by atoms with Crippen LogP contribution in [0.4, 0.5) is 0 Å². The second kappa shape index (κ2) is 7.02. The molecule has 0 aliphatic rings. The molecule has 0 aromatic rings. The van der Waals surface area contributed by atoms with E-state index in [0.29, 0.717) is 0 Å². The highest BCUT2D eigenvalue weighted by atomic mass is 32.4. The number of hydrogen-bond donors (Lipinski definition) is 0. The first-order chi connectivity index (χ1) is 5.74. The lowest BCUT2D eigenvalue weighted by atomic mass is 10.4. The van der Waals surface area contributed by atoms with Gasteiger partial charge in [0.1, 0.15) is 7.22 Å². The van der Waals surface area contributed by atoms with E-state index < -0.39 is 7.22 Å². The predicted octanol–water partition coefficient (Wildman–Crippen LogP) is 4.52. The molecule has 12 heavy (non-hydrogen) atoms. The summed E-state index contributed by atoms with van der Waals surface area (Å²) in [5, 5.41) is 0. The Bertz CT molecular complexity index is 91.7. The molecule has 0 saturated carbocycles. The summed E-state index contributed by atoms with van der Waals surface area (Å²) in [5.74, 6) is 1.41. The van der Waals surface area contributed by atoms with Crippen molar-refractivity contribution in [2.24, 2.45) is 0 Å². The van der Waals surface area contributed by atoms with Gasteiger partial charge in [0.15, 0.2) is 0 Å². The maximum absolute atomic E-state index is 2.39. The molecule has 0 rings (SSSR count). The highest BCUT2D eigenvalue weighted by Gasteiger charge is 2.26. The molecular weight excluding hydrogens is 180 g/mol. The smallest absolute Gasteiger partial charge is 0.116 e. The Morgan fingerprint density at radius 1 is 0.917 bits per heavy atom. The van der Waals surface area contributed by atoms with Crippen LogP contribution in [0.15, 0.2) is 0 Å². The predicted molar refractivity (Wildman–Crippen MR) is 64.6 cm³/mol. The minimum atomic E-state index is -0.838. The van der Waals surface area contributed by atoms with E-state index in [0.717, 1.165) is 0 Å². The van der Waals surface area contributed by atoms with Gasteiger partial charge in [-0.15, -0.1) is 0 Å². The first kappa shape index (κ1) is 12.6. The van der Waals surface area contributed by atoms with E-state index >= 15 is 0 Å². The average Bonchev–Trinajstić information content (AvgIpc) is 2.14. The zero-order chi connectivity index (χ0) is 9.45. The SMILES string of the molecule is CCCCS[Si](CC)(CC)CC. The van der Waals surface area contributed by atoms with Crippen molar-refractivity contribution in [1.82, 2.24) is 0 Å². The van der Waals surface area contributed by atoms with Crippen molar-refractivity contribution < 1.29 is 0 Å². The van der Waals surface area contributed by atoms with Gasteiger partial charge in [0.25, 0.3) is 0 Å². The van der Waals surface area contributed by atoms with E-state index in [1.165, 1.54) is 36.7 Å². The van der Waals surface area contributed by atoms with Crippen LogP contribution < -0.4 is 0 Å². The van der Waals surface area contributed by atoms with E-state index in [4.69, 9.17) is 0 Å². The van der Waals surface area contributed by atoms with Gasteiger partial charge in [-0.2, -0.15) is 11.2 Å². The fourth-order valence-electron chi connectivity index (χ4n) is 1.49. The van der Waals surface area contributed by atoms with Crippen molar-refractivity contribution in [2.45, 2.75) is 58.7 Å². The Balaban J connectivity index is 3.76. The quantitative estimate of drug-likeness (QED) is 0.434. The van der Waals surface area contributed by atoms with E-state index in [9.17, 15) is 0 Å². The zero-order valence-corrected chi connectivity index (χ0v) is 11.0. The van der Waals surface area contributed by atoms with Gasteiger partial charge in [-0.05, 0) is 12.2 Å². The van der Waals surface area contributed by atoms with Gasteiger partial charge in [0.05, 0.1) is 0 Å². The average molecular weight is 204 g/mol. The Labute approximate surface area is 83.2 Å². The maximum Gasteiger partial charge on any atom is 0.116 e. The molecule has 0 saturated heterocycles. The van der Waals surface area contributed by atoms with Crippen LogP contribution in [-0.2, 0) is 0 Å². The Morgan fingerprint density at radius 3 is 1.75 bits per heavy atom. The van der Waals surface area contributed by atoms with Crippen molar-refractivity contribution in [2.75, 3.05) is 5.75 Å². The molecule has 0 unspecified atom stereocenters. The molecule has 0 atom stereocenters. The first-order valence-corrected chi connectivity index (χ1v) is 9.71. The van der Waals surface area contributed by atoms with Crippen LogP contribution in [0.5, 0.6) is 0 Å². The fourth-order valence-corrected chi connectivity index (χ4v) is 8.04. The number of unbranched alkanes of at least 4 members (excludes halogenated alkanes) is 1. The molecule has 0 fully saturated rings. The summed E-state index contributed by atoms with van der Waals surface area (Å²) in [5.41, 5.74) is 0. The summed E-state index contributed by atoms with van der Waals surface area (Å²) in [6, 6.07) is 4.40. The summed E-state index contributed by atoms with van der Waals surface area (Å²) in [4.78, 5) is 0. The van der Waals surface area contributed by atoms with Crippen LogP contribution in [0.1, 0.15) is 40.5 Å². The molecule has 74 valence electrons. The van der Waals surface area contributed by atoms with Gasteiger partial charge in [-0.3, -0.25) is 0 Å². The summed E-state index contributed by atoms with van der Waals surface area (Å²) >= 11 is 2.33. The van der Waals surface area contributed by atoms with Crippen LogP contribution in [0.25, 0.3) is 0 Å². The standard InChI is InChI=1S/C10H24SSi/c1-5-9-10-11-12(6-2,7-3)8-4/h5-10H2,1-4H3. The van der Waals surface area contributed by atoms with E-state index in [2.05, 4.69) is 38.9 Å². The van der Waals surface area contributed by atoms with E-state index in [1.807, 2.05) is 0 Å². The molecule has 0 aliphatic heterocycles. The summed E-state index contributed by atoms with van der Waals surface area (Å²) in [7, 11) is -0.838. The maximum atomic E-state index is 2.39. The highest BCUT2D eigenvalue weighted by molar-refractivity contribution is 8.28. The molecule has 0 amide bonds. The summed E-state index contributed by atoms with van der Waals surface area (Å²) in [6.07, 6.45) is 2.77. The van der Waals surface area contributed by atoms with Crippen molar-refractivity contribution in [1.29, 1.82) is 0 Å². The molecule has 0 aromatic carbocycles.